The third-order valence-electron chi connectivity index (χ3n) is 3.72. The van der Waals surface area contributed by atoms with Gasteiger partial charge in [0.1, 0.15) is 6.54 Å². The molecule has 0 saturated carbocycles. The van der Waals surface area contributed by atoms with Crippen LogP contribution in [0.4, 0.5) is 17.1 Å². The predicted molar refractivity (Wildman–Crippen MR) is 99.8 cm³/mol. The number of benzene rings is 2. The lowest BCUT2D eigenvalue weighted by Crippen LogP contribution is -2.38. The van der Waals surface area contributed by atoms with Gasteiger partial charge in [0.2, 0.25) is 15.9 Å². The molecule has 138 valence electrons. The molecule has 1 amide bonds. The first kappa shape index (κ1) is 19.4. The number of hydrogen-bond donors (Lipinski definition) is 1. The molecule has 0 aliphatic carbocycles. The molecule has 0 aliphatic rings. The summed E-state index contributed by atoms with van der Waals surface area (Å²) in [5, 5.41) is 13.3. The number of nitro benzene ring substituents is 1. The average molecular weight is 377 g/mol. The summed E-state index contributed by atoms with van der Waals surface area (Å²) in [6.45, 7) is 3.09. The second-order valence-corrected chi connectivity index (χ2v) is 7.77. The lowest BCUT2D eigenvalue weighted by atomic mass is 10.1. The molecule has 8 nitrogen and oxygen atoms in total. The minimum absolute atomic E-state index is 0.169. The molecular formula is C17H19N3O5S. The third kappa shape index (κ3) is 4.57. The molecule has 9 heteroatoms. The Balaban J connectivity index is 2.29. The van der Waals surface area contributed by atoms with Gasteiger partial charge < -0.3 is 5.32 Å². The summed E-state index contributed by atoms with van der Waals surface area (Å²) in [7, 11) is -3.71. The third-order valence-corrected chi connectivity index (χ3v) is 4.83. The van der Waals surface area contributed by atoms with Crippen molar-refractivity contribution in [1.82, 2.24) is 0 Å². The van der Waals surface area contributed by atoms with Gasteiger partial charge in [0.25, 0.3) is 5.69 Å². The van der Waals surface area contributed by atoms with Crippen molar-refractivity contribution in [2.75, 3.05) is 22.4 Å². The van der Waals surface area contributed by atoms with E-state index >= 15 is 0 Å². The Morgan fingerprint density at radius 2 is 1.73 bits per heavy atom. The fourth-order valence-corrected chi connectivity index (χ4v) is 3.56. The van der Waals surface area contributed by atoms with Gasteiger partial charge in [0, 0.05) is 17.8 Å². The van der Waals surface area contributed by atoms with Crippen molar-refractivity contribution in [3.63, 3.8) is 0 Å². The number of sulfonamides is 1. The maximum atomic E-state index is 12.4. The first-order valence-corrected chi connectivity index (χ1v) is 9.52. The number of nitro groups is 1. The van der Waals surface area contributed by atoms with Crippen LogP contribution in [0.15, 0.2) is 42.5 Å². The number of rotatable bonds is 6. The molecule has 0 spiro atoms. The van der Waals surface area contributed by atoms with E-state index in [1.165, 1.54) is 24.3 Å². The second-order valence-electron chi connectivity index (χ2n) is 5.87. The smallest absolute Gasteiger partial charge is 0.271 e. The van der Waals surface area contributed by atoms with Crippen molar-refractivity contribution < 1.29 is 18.1 Å². The number of nitrogens with one attached hydrogen (secondary N) is 1. The van der Waals surface area contributed by atoms with E-state index in [-0.39, 0.29) is 11.4 Å². The topological polar surface area (TPSA) is 110 Å². The standard InChI is InChI=1S/C17H19N3O5S/c1-12-6-4-7-13(2)17(12)19(26(3,24)25)11-16(21)18-14-8-5-9-15(10-14)20(22)23/h4-10H,11H2,1-3H3,(H,18,21). The minimum atomic E-state index is -3.71. The summed E-state index contributed by atoms with van der Waals surface area (Å²) < 4.78 is 25.5. The molecule has 1 N–H and O–H groups in total. The molecule has 26 heavy (non-hydrogen) atoms. The van der Waals surface area contributed by atoms with E-state index in [1.807, 2.05) is 0 Å². The van der Waals surface area contributed by atoms with Gasteiger partial charge >= 0.3 is 0 Å². The van der Waals surface area contributed by atoms with Crippen LogP contribution < -0.4 is 9.62 Å². The molecule has 0 fully saturated rings. The fourth-order valence-electron chi connectivity index (χ4n) is 2.59. The summed E-state index contributed by atoms with van der Waals surface area (Å²) in [5.74, 6) is -0.599. The van der Waals surface area contributed by atoms with E-state index in [1.54, 1.807) is 32.0 Å². The predicted octanol–water partition coefficient (Wildman–Crippen LogP) is 2.62. The summed E-state index contributed by atoms with van der Waals surface area (Å²) >= 11 is 0. The number of para-hydroxylation sites is 1. The van der Waals surface area contributed by atoms with E-state index in [9.17, 15) is 23.3 Å². The number of carbonyl (C=O) groups is 1. The zero-order valence-corrected chi connectivity index (χ0v) is 15.4. The first-order valence-electron chi connectivity index (χ1n) is 7.68. The van der Waals surface area contributed by atoms with Gasteiger partial charge in [-0.05, 0) is 31.0 Å². The molecule has 0 aromatic heterocycles. The summed E-state index contributed by atoms with van der Waals surface area (Å²) in [5.41, 5.74) is 1.94. The van der Waals surface area contributed by atoms with Crippen molar-refractivity contribution in [2.24, 2.45) is 0 Å². The molecule has 2 aromatic rings. The molecule has 0 bridgehead atoms. The normalized spacial score (nSPS) is 11.0. The van der Waals surface area contributed by atoms with Gasteiger partial charge in [0.05, 0.1) is 16.9 Å². The molecule has 0 aliphatic heterocycles. The van der Waals surface area contributed by atoms with Gasteiger partial charge in [0.15, 0.2) is 0 Å². The number of hydrogen-bond acceptors (Lipinski definition) is 5. The SMILES string of the molecule is Cc1cccc(C)c1N(CC(=O)Nc1cccc([N+](=O)[O-])c1)S(C)(=O)=O. The summed E-state index contributed by atoms with van der Waals surface area (Å²) in [4.78, 5) is 22.6. The van der Waals surface area contributed by atoms with Gasteiger partial charge in [-0.25, -0.2) is 8.42 Å². The number of nitrogens with zero attached hydrogens (tertiary/aromatic N) is 2. The first-order chi connectivity index (χ1) is 12.1. The monoisotopic (exact) mass is 377 g/mol. The van der Waals surface area contributed by atoms with Gasteiger partial charge in [-0.15, -0.1) is 0 Å². The summed E-state index contributed by atoms with van der Waals surface area (Å²) in [6, 6.07) is 10.8. The Kier molecular flexibility index (Phi) is 5.61. The molecule has 0 atom stereocenters. The van der Waals surface area contributed by atoms with Gasteiger partial charge in [-0.2, -0.15) is 0 Å². The van der Waals surface area contributed by atoms with Crippen LogP contribution in [0.25, 0.3) is 0 Å². The average Bonchev–Trinajstić information content (AvgIpc) is 2.53. The Bertz CT molecular complexity index is 936. The Hall–Kier alpha value is -2.94. The van der Waals surface area contributed by atoms with Crippen LogP contribution in [0.5, 0.6) is 0 Å². The zero-order valence-electron chi connectivity index (χ0n) is 14.6. The minimum Gasteiger partial charge on any atom is -0.324 e. The van der Waals surface area contributed by atoms with Crippen LogP contribution in [0.3, 0.4) is 0 Å². The van der Waals surface area contributed by atoms with Crippen molar-refractivity contribution in [3.8, 4) is 0 Å². The van der Waals surface area contributed by atoms with Crippen LogP contribution in [-0.4, -0.2) is 32.0 Å². The molecule has 0 unspecified atom stereocenters. The van der Waals surface area contributed by atoms with Gasteiger partial charge in [-0.3, -0.25) is 19.2 Å². The van der Waals surface area contributed by atoms with Crippen LogP contribution >= 0.6 is 0 Å². The molecular weight excluding hydrogens is 358 g/mol. The van der Waals surface area contributed by atoms with Crippen molar-refractivity contribution in [1.29, 1.82) is 0 Å². The van der Waals surface area contributed by atoms with E-state index in [4.69, 9.17) is 0 Å². The number of non-ortho nitro benzene ring substituents is 1. The second kappa shape index (κ2) is 7.52. The number of carbonyl (C=O) groups excluding carboxylic acids is 1. The highest BCUT2D eigenvalue weighted by atomic mass is 32.2. The van der Waals surface area contributed by atoms with E-state index < -0.39 is 27.4 Å². The van der Waals surface area contributed by atoms with Gasteiger partial charge in [-0.1, -0.05) is 24.3 Å². The van der Waals surface area contributed by atoms with Crippen LogP contribution in [0, 0.1) is 24.0 Å². The molecule has 2 rings (SSSR count). The van der Waals surface area contributed by atoms with E-state index in [0.29, 0.717) is 5.69 Å². The van der Waals surface area contributed by atoms with Crippen molar-refractivity contribution in [3.05, 3.63) is 63.7 Å². The highest BCUT2D eigenvalue weighted by Crippen LogP contribution is 2.26. The molecule has 2 aromatic carbocycles. The maximum Gasteiger partial charge on any atom is 0.271 e. The van der Waals surface area contributed by atoms with Crippen LogP contribution in [-0.2, 0) is 14.8 Å². The van der Waals surface area contributed by atoms with Crippen LogP contribution in [0.2, 0.25) is 0 Å². The Labute approximate surface area is 151 Å². The number of anilines is 2. The number of amides is 1. The Morgan fingerprint density at radius 1 is 1.15 bits per heavy atom. The molecule has 0 saturated heterocycles. The fraction of sp³-hybridized carbons (Fsp3) is 0.235. The van der Waals surface area contributed by atoms with Crippen molar-refractivity contribution >= 4 is 33.0 Å². The lowest BCUT2D eigenvalue weighted by molar-refractivity contribution is -0.384. The summed E-state index contributed by atoms with van der Waals surface area (Å²) in [6.07, 6.45) is 1.03. The van der Waals surface area contributed by atoms with Crippen LogP contribution in [0.1, 0.15) is 11.1 Å². The molecule has 0 radical (unpaired) electrons. The van der Waals surface area contributed by atoms with E-state index in [0.717, 1.165) is 21.7 Å². The Morgan fingerprint density at radius 3 is 2.27 bits per heavy atom. The zero-order chi connectivity index (χ0) is 19.5. The highest BCUT2D eigenvalue weighted by molar-refractivity contribution is 7.92. The van der Waals surface area contributed by atoms with E-state index in [2.05, 4.69) is 5.32 Å². The highest BCUT2D eigenvalue weighted by Gasteiger charge is 2.24. The molecule has 0 heterocycles. The number of aryl methyl sites for hydroxylation is 2. The lowest BCUT2D eigenvalue weighted by Gasteiger charge is -2.25. The largest absolute Gasteiger partial charge is 0.324 e. The maximum absolute atomic E-state index is 12.4. The quantitative estimate of drug-likeness (QED) is 0.615. The van der Waals surface area contributed by atoms with Crippen molar-refractivity contribution in [2.45, 2.75) is 13.8 Å².